The summed E-state index contributed by atoms with van der Waals surface area (Å²) < 4.78 is 25.6. The molecule has 0 heterocycles. The van der Waals surface area contributed by atoms with Gasteiger partial charge in [-0.2, -0.15) is 8.78 Å². The summed E-state index contributed by atoms with van der Waals surface area (Å²) in [6, 6.07) is 6.35. The van der Waals surface area contributed by atoms with Crippen LogP contribution in [0.1, 0.15) is 36.7 Å². The summed E-state index contributed by atoms with van der Waals surface area (Å²) in [4.78, 5) is 7.85. The van der Waals surface area contributed by atoms with Crippen molar-refractivity contribution in [3.8, 4) is 0 Å². The van der Waals surface area contributed by atoms with E-state index in [4.69, 9.17) is 0 Å². The number of hydrogen-bond acceptors (Lipinski definition) is 1. The summed E-state index contributed by atoms with van der Waals surface area (Å²) in [5.74, 6) is -1.21. The molecule has 0 aromatic heterocycles. The lowest BCUT2D eigenvalue weighted by Gasteiger charge is -2.19. The molecule has 0 amide bonds. The molecule has 0 fully saturated rings. The van der Waals surface area contributed by atoms with Gasteiger partial charge in [0.25, 0.3) is 0 Å². The van der Waals surface area contributed by atoms with E-state index in [0.29, 0.717) is 0 Å². The molecule has 0 spiro atoms. The molecule has 0 bridgehead atoms. The molecular weight excluding hydrogens is 278 g/mol. The van der Waals surface area contributed by atoms with E-state index in [9.17, 15) is 13.6 Å². The van der Waals surface area contributed by atoms with Crippen LogP contribution in [-0.2, 0) is 5.41 Å². The van der Waals surface area contributed by atoms with E-state index in [1.54, 1.807) is 6.07 Å². The lowest BCUT2D eigenvalue weighted by molar-refractivity contribution is 0.0592. The fourth-order valence-corrected chi connectivity index (χ4v) is 1.52. The Morgan fingerprint density at radius 1 is 1.25 bits per heavy atom. The van der Waals surface area contributed by atoms with E-state index in [1.807, 2.05) is 26.8 Å². The van der Waals surface area contributed by atoms with Crippen molar-refractivity contribution in [2.24, 2.45) is 0 Å². The maximum absolute atomic E-state index is 12.8. The van der Waals surface area contributed by atoms with Crippen LogP contribution in [0.15, 0.2) is 24.3 Å². The lowest BCUT2D eigenvalue weighted by Crippen LogP contribution is -2.21. The van der Waals surface area contributed by atoms with Crippen LogP contribution in [0.5, 0.6) is 0 Å². The van der Waals surface area contributed by atoms with Gasteiger partial charge in [-0.3, -0.25) is 4.79 Å². The molecule has 0 radical (unpaired) electrons. The number of benzene rings is 1. The average molecular weight is 291 g/mol. The minimum absolute atomic E-state index is 0.0225. The number of alkyl halides is 3. The summed E-state index contributed by atoms with van der Waals surface area (Å²) in [7, 11) is 0. The van der Waals surface area contributed by atoms with E-state index < -0.39 is 10.6 Å². The third-order valence-corrected chi connectivity index (χ3v) is 2.61. The van der Waals surface area contributed by atoms with Crippen molar-refractivity contribution >= 4 is 21.7 Å². The Labute approximate surface area is 102 Å². The maximum atomic E-state index is 12.8. The quantitative estimate of drug-likeness (QED) is 0.591. The molecule has 88 valence electrons. The predicted molar refractivity (Wildman–Crippen MR) is 63.3 cm³/mol. The summed E-state index contributed by atoms with van der Waals surface area (Å²) >= 11 is 2.07. The minimum atomic E-state index is -3.50. The van der Waals surface area contributed by atoms with Crippen LogP contribution in [0.2, 0.25) is 0 Å². The lowest BCUT2D eigenvalue weighted by atomic mass is 9.86. The van der Waals surface area contributed by atoms with Gasteiger partial charge >= 0.3 is 4.83 Å². The summed E-state index contributed by atoms with van der Waals surface area (Å²) in [6.07, 6.45) is 0. The summed E-state index contributed by atoms with van der Waals surface area (Å²) in [6.45, 7) is 5.88. The van der Waals surface area contributed by atoms with Crippen LogP contribution < -0.4 is 0 Å². The molecule has 4 heteroatoms. The van der Waals surface area contributed by atoms with Crippen LogP contribution in [0.4, 0.5) is 8.78 Å². The Morgan fingerprint density at radius 3 is 2.25 bits per heavy atom. The Kier molecular flexibility index (Phi) is 3.53. The second-order valence-electron chi connectivity index (χ2n) is 4.66. The first-order valence-electron chi connectivity index (χ1n) is 4.84. The zero-order valence-corrected chi connectivity index (χ0v) is 10.9. The van der Waals surface area contributed by atoms with Gasteiger partial charge in [0.05, 0.1) is 0 Å². The first kappa shape index (κ1) is 13.3. The second-order valence-corrected chi connectivity index (χ2v) is 5.65. The van der Waals surface area contributed by atoms with Crippen LogP contribution >= 0.6 is 15.9 Å². The Hall–Kier alpha value is -0.770. The molecule has 0 aliphatic heterocycles. The first-order valence-corrected chi connectivity index (χ1v) is 5.64. The highest BCUT2D eigenvalue weighted by atomic mass is 79.9. The molecule has 1 aromatic carbocycles. The predicted octanol–water partition coefficient (Wildman–Crippen LogP) is 4.15. The number of carbonyl (C=O) groups is 1. The van der Waals surface area contributed by atoms with Crippen LogP contribution in [0.3, 0.4) is 0 Å². The number of carbonyl (C=O) groups excluding carboxylic acids is 1. The fraction of sp³-hybridized carbons (Fsp3) is 0.417. The van der Waals surface area contributed by atoms with Crippen molar-refractivity contribution in [3.63, 3.8) is 0 Å². The molecule has 0 aliphatic carbocycles. The molecule has 0 unspecified atom stereocenters. The van der Waals surface area contributed by atoms with Crippen molar-refractivity contribution < 1.29 is 13.6 Å². The summed E-state index contributed by atoms with van der Waals surface area (Å²) in [5.41, 5.74) is 0.710. The molecule has 0 atom stereocenters. The number of halogens is 3. The molecule has 0 N–H and O–H groups in total. The Bertz CT molecular complexity index is 402. The number of hydrogen-bond donors (Lipinski definition) is 0. The maximum Gasteiger partial charge on any atom is 0.363 e. The van der Waals surface area contributed by atoms with E-state index in [2.05, 4.69) is 15.9 Å². The van der Waals surface area contributed by atoms with Crippen molar-refractivity contribution in [1.82, 2.24) is 0 Å². The largest absolute Gasteiger partial charge is 0.363 e. The molecule has 1 rings (SSSR count). The number of rotatable bonds is 2. The van der Waals surface area contributed by atoms with Gasteiger partial charge in [-0.05, 0) is 33.0 Å². The highest BCUT2D eigenvalue weighted by molar-refractivity contribution is 9.10. The van der Waals surface area contributed by atoms with Crippen molar-refractivity contribution in [2.45, 2.75) is 31.0 Å². The van der Waals surface area contributed by atoms with Gasteiger partial charge in [-0.25, -0.2) is 0 Å². The smallest absolute Gasteiger partial charge is 0.286 e. The molecule has 16 heavy (non-hydrogen) atoms. The van der Waals surface area contributed by atoms with Gasteiger partial charge in [0, 0.05) is 5.56 Å². The van der Waals surface area contributed by atoms with Crippen LogP contribution in [-0.4, -0.2) is 10.6 Å². The van der Waals surface area contributed by atoms with Gasteiger partial charge in [-0.1, -0.05) is 39.0 Å². The SMILES string of the molecule is CC(C)(C)c1cccc(C(=O)C(F)(F)Br)c1. The van der Waals surface area contributed by atoms with Gasteiger partial charge in [0.15, 0.2) is 0 Å². The van der Waals surface area contributed by atoms with Gasteiger partial charge < -0.3 is 0 Å². The Morgan fingerprint density at radius 2 is 1.81 bits per heavy atom. The molecule has 1 nitrogen and oxygen atoms in total. The third kappa shape index (κ3) is 3.11. The highest BCUT2D eigenvalue weighted by Gasteiger charge is 2.35. The normalized spacial score (nSPS) is 12.6. The zero-order valence-electron chi connectivity index (χ0n) is 9.35. The van der Waals surface area contributed by atoms with E-state index in [1.165, 1.54) is 12.1 Å². The van der Waals surface area contributed by atoms with Crippen molar-refractivity contribution in [1.29, 1.82) is 0 Å². The standard InChI is InChI=1S/C12H13BrF2O/c1-11(2,3)9-6-4-5-8(7-9)10(16)12(13,14)15/h4-7H,1-3H3. The van der Waals surface area contributed by atoms with Crippen molar-refractivity contribution in [2.75, 3.05) is 0 Å². The molecule has 0 saturated carbocycles. The topological polar surface area (TPSA) is 17.1 Å². The molecule has 0 aliphatic rings. The first-order chi connectivity index (χ1) is 7.12. The minimum Gasteiger partial charge on any atom is -0.286 e. The monoisotopic (exact) mass is 290 g/mol. The van der Waals surface area contributed by atoms with E-state index in [0.717, 1.165) is 5.56 Å². The second kappa shape index (κ2) is 4.24. The van der Waals surface area contributed by atoms with Crippen LogP contribution in [0, 0.1) is 0 Å². The third-order valence-electron chi connectivity index (χ3n) is 2.25. The molecule has 1 aromatic rings. The van der Waals surface area contributed by atoms with Crippen molar-refractivity contribution in [3.05, 3.63) is 35.4 Å². The highest BCUT2D eigenvalue weighted by Crippen LogP contribution is 2.29. The van der Waals surface area contributed by atoms with Crippen LogP contribution in [0.25, 0.3) is 0 Å². The van der Waals surface area contributed by atoms with E-state index >= 15 is 0 Å². The number of ketones is 1. The summed E-state index contributed by atoms with van der Waals surface area (Å²) in [5, 5.41) is 0. The van der Waals surface area contributed by atoms with Gasteiger partial charge in [-0.15, -0.1) is 0 Å². The van der Waals surface area contributed by atoms with E-state index in [-0.39, 0.29) is 11.0 Å². The number of Topliss-reactive ketones (excluding diaryl/α,β-unsaturated/α-hetero) is 1. The Balaban J connectivity index is 3.14. The average Bonchev–Trinajstić information content (AvgIpc) is 2.14. The molecular formula is C12H13BrF2O. The van der Waals surface area contributed by atoms with Gasteiger partial charge in [0.2, 0.25) is 5.78 Å². The fourth-order valence-electron chi connectivity index (χ4n) is 1.29. The molecule has 0 saturated heterocycles. The zero-order chi connectivity index (χ0) is 12.6. The van der Waals surface area contributed by atoms with Gasteiger partial charge in [0.1, 0.15) is 0 Å².